The lowest BCUT2D eigenvalue weighted by Gasteiger charge is -2.18. The number of aromatic nitrogens is 2. The molecule has 0 spiro atoms. The van der Waals surface area contributed by atoms with Crippen molar-refractivity contribution in [3.8, 4) is 0 Å². The van der Waals surface area contributed by atoms with E-state index in [-0.39, 0.29) is 10.8 Å². The maximum atomic E-state index is 13.2. The third-order valence-electron chi connectivity index (χ3n) is 5.78. The van der Waals surface area contributed by atoms with Crippen molar-refractivity contribution in [3.63, 3.8) is 0 Å². The van der Waals surface area contributed by atoms with Gasteiger partial charge in [0.2, 0.25) is 0 Å². The van der Waals surface area contributed by atoms with Crippen LogP contribution in [0.15, 0.2) is 90.1 Å². The summed E-state index contributed by atoms with van der Waals surface area (Å²) in [7, 11) is -2.16. The zero-order chi connectivity index (χ0) is 25.0. The van der Waals surface area contributed by atoms with E-state index in [0.717, 1.165) is 16.7 Å². The molecule has 3 aromatic carbocycles. The van der Waals surface area contributed by atoms with Gasteiger partial charge in [-0.25, -0.2) is 8.42 Å². The van der Waals surface area contributed by atoms with E-state index in [1.165, 1.54) is 12.1 Å². The Morgan fingerprint density at radius 1 is 0.943 bits per heavy atom. The van der Waals surface area contributed by atoms with Gasteiger partial charge in [-0.2, -0.15) is 5.10 Å². The number of hydrogen-bond acceptors (Lipinski definition) is 4. The number of nitrogens with one attached hydrogen (secondary N) is 1. The first-order valence-electron chi connectivity index (χ1n) is 11.2. The molecule has 0 saturated heterocycles. The average molecular weight is 489 g/mol. The second-order valence-electron chi connectivity index (χ2n) is 8.59. The second kappa shape index (κ2) is 10.1. The summed E-state index contributed by atoms with van der Waals surface area (Å²) < 4.78 is 30.5. The SMILES string of the molecule is Cc1ccccc1NS(=O)(=O)c1ccc(C)c(C(=O)N(C)Cc2cnn(Cc3ccccc3)c2)c1. The summed E-state index contributed by atoms with van der Waals surface area (Å²) in [5.41, 5.74) is 4.39. The number of carbonyl (C=O) groups excluding carboxylic acids is 1. The minimum Gasteiger partial charge on any atom is -0.337 e. The van der Waals surface area contributed by atoms with E-state index >= 15 is 0 Å². The largest absolute Gasteiger partial charge is 0.337 e. The Hall–Kier alpha value is -3.91. The van der Waals surface area contributed by atoms with Gasteiger partial charge in [-0.15, -0.1) is 0 Å². The van der Waals surface area contributed by atoms with Crippen molar-refractivity contribution < 1.29 is 13.2 Å². The molecule has 1 heterocycles. The standard InChI is InChI=1S/C27H28N4O3S/c1-20-13-14-24(35(33,34)29-26-12-8-7-9-21(26)2)15-25(20)27(32)30(3)17-23-16-28-31(19-23)18-22-10-5-4-6-11-22/h4-16,19,29H,17-18H2,1-3H3. The van der Waals surface area contributed by atoms with Crippen LogP contribution in [0.3, 0.4) is 0 Å². The van der Waals surface area contributed by atoms with Crippen LogP contribution in [0.4, 0.5) is 5.69 Å². The molecule has 1 N–H and O–H groups in total. The Kier molecular flexibility index (Phi) is 7.02. The highest BCUT2D eigenvalue weighted by Crippen LogP contribution is 2.22. The number of hydrogen-bond donors (Lipinski definition) is 1. The molecule has 180 valence electrons. The predicted octanol–water partition coefficient (Wildman–Crippen LogP) is 4.62. The number of sulfonamides is 1. The van der Waals surface area contributed by atoms with Crippen molar-refractivity contribution in [2.45, 2.75) is 31.8 Å². The van der Waals surface area contributed by atoms with E-state index in [4.69, 9.17) is 0 Å². The minimum atomic E-state index is -3.85. The van der Waals surface area contributed by atoms with Crippen LogP contribution in [0, 0.1) is 13.8 Å². The molecule has 1 aromatic heterocycles. The molecule has 0 saturated carbocycles. The molecule has 0 bridgehead atoms. The topological polar surface area (TPSA) is 84.3 Å². The summed E-state index contributed by atoms with van der Waals surface area (Å²) >= 11 is 0. The lowest BCUT2D eigenvalue weighted by Crippen LogP contribution is -2.27. The molecule has 0 fully saturated rings. The van der Waals surface area contributed by atoms with Gasteiger partial charge in [-0.3, -0.25) is 14.2 Å². The van der Waals surface area contributed by atoms with E-state index in [2.05, 4.69) is 9.82 Å². The minimum absolute atomic E-state index is 0.0405. The number of anilines is 1. The zero-order valence-corrected chi connectivity index (χ0v) is 20.8. The second-order valence-corrected chi connectivity index (χ2v) is 10.3. The number of aryl methyl sites for hydroxylation is 2. The molecule has 4 rings (SSSR count). The number of carbonyl (C=O) groups is 1. The highest BCUT2D eigenvalue weighted by Gasteiger charge is 2.21. The van der Waals surface area contributed by atoms with Crippen LogP contribution >= 0.6 is 0 Å². The van der Waals surface area contributed by atoms with Crippen LogP contribution in [0.2, 0.25) is 0 Å². The van der Waals surface area contributed by atoms with Crippen LogP contribution in [0.5, 0.6) is 0 Å². The Bertz CT molecular complexity index is 1450. The smallest absolute Gasteiger partial charge is 0.261 e. The maximum Gasteiger partial charge on any atom is 0.261 e. The molecular formula is C27H28N4O3S. The molecular weight excluding hydrogens is 460 g/mol. The molecule has 8 heteroatoms. The van der Waals surface area contributed by atoms with Crippen LogP contribution in [0.25, 0.3) is 0 Å². The van der Waals surface area contributed by atoms with Gasteiger partial charge >= 0.3 is 0 Å². The highest BCUT2D eigenvalue weighted by molar-refractivity contribution is 7.92. The number of amides is 1. The van der Waals surface area contributed by atoms with Crippen LogP contribution in [-0.2, 0) is 23.1 Å². The van der Waals surface area contributed by atoms with E-state index in [1.807, 2.05) is 60.3 Å². The molecule has 35 heavy (non-hydrogen) atoms. The summed E-state index contributed by atoms with van der Waals surface area (Å²) in [6.07, 6.45) is 3.66. The fraction of sp³-hybridized carbons (Fsp3) is 0.185. The van der Waals surface area contributed by atoms with Crippen LogP contribution < -0.4 is 4.72 Å². The molecule has 0 aliphatic carbocycles. The van der Waals surface area contributed by atoms with Crippen LogP contribution in [-0.4, -0.2) is 36.1 Å². The zero-order valence-electron chi connectivity index (χ0n) is 20.0. The monoisotopic (exact) mass is 488 g/mol. The first-order valence-corrected chi connectivity index (χ1v) is 12.7. The number of para-hydroxylation sites is 1. The van der Waals surface area contributed by atoms with E-state index < -0.39 is 10.0 Å². The summed E-state index contributed by atoms with van der Waals surface area (Å²) in [5.74, 6) is -0.258. The maximum absolute atomic E-state index is 13.2. The lowest BCUT2D eigenvalue weighted by atomic mass is 10.1. The number of benzene rings is 3. The molecule has 0 atom stereocenters. The van der Waals surface area contributed by atoms with Gasteiger partial charge in [0.1, 0.15) is 0 Å². The van der Waals surface area contributed by atoms with Gasteiger partial charge in [-0.1, -0.05) is 54.6 Å². The summed E-state index contributed by atoms with van der Waals surface area (Å²) in [5, 5.41) is 4.40. The Morgan fingerprint density at radius 2 is 1.66 bits per heavy atom. The number of nitrogens with zero attached hydrogens (tertiary/aromatic N) is 3. The van der Waals surface area contributed by atoms with Gasteiger partial charge in [0.15, 0.2) is 0 Å². The Labute approximate surface area is 206 Å². The normalized spacial score (nSPS) is 11.3. The molecule has 0 radical (unpaired) electrons. The third kappa shape index (κ3) is 5.78. The van der Waals surface area contributed by atoms with Crippen molar-refractivity contribution in [1.29, 1.82) is 0 Å². The molecule has 0 aliphatic rings. The first-order chi connectivity index (χ1) is 16.7. The molecule has 4 aromatic rings. The van der Waals surface area contributed by atoms with Gasteiger partial charge in [0.25, 0.3) is 15.9 Å². The van der Waals surface area contributed by atoms with Gasteiger partial charge in [0.05, 0.1) is 23.3 Å². The fourth-order valence-corrected chi connectivity index (χ4v) is 4.94. The summed E-state index contributed by atoms with van der Waals surface area (Å²) in [4.78, 5) is 14.9. The van der Waals surface area contributed by atoms with Gasteiger partial charge < -0.3 is 4.90 Å². The lowest BCUT2D eigenvalue weighted by molar-refractivity contribution is 0.0784. The van der Waals surface area contributed by atoms with Crippen LogP contribution in [0.1, 0.15) is 32.6 Å². The van der Waals surface area contributed by atoms with Gasteiger partial charge in [-0.05, 0) is 48.7 Å². The average Bonchev–Trinajstić information content (AvgIpc) is 3.27. The molecule has 7 nitrogen and oxygen atoms in total. The van der Waals surface area contributed by atoms with Crippen molar-refractivity contribution >= 4 is 21.6 Å². The first kappa shape index (κ1) is 24.2. The Morgan fingerprint density at radius 3 is 2.40 bits per heavy atom. The quantitative estimate of drug-likeness (QED) is 0.392. The van der Waals surface area contributed by atoms with Crippen molar-refractivity contribution in [3.05, 3.63) is 113 Å². The predicted molar refractivity (Wildman–Crippen MR) is 137 cm³/mol. The van der Waals surface area contributed by atoms with E-state index in [0.29, 0.717) is 29.9 Å². The Balaban J connectivity index is 1.49. The molecule has 0 aliphatic heterocycles. The van der Waals surface area contributed by atoms with Crippen molar-refractivity contribution in [1.82, 2.24) is 14.7 Å². The van der Waals surface area contributed by atoms with Gasteiger partial charge in [0, 0.05) is 30.9 Å². The van der Waals surface area contributed by atoms with E-state index in [1.54, 1.807) is 43.3 Å². The summed E-state index contributed by atoms with van der Waals surface area (Å²) in [6.45, 7) is 4.62. The van der Waals surface area contributed by atoms with Crippen molar-refractivity contribution in [2.24, 2.45) is 0 Å². The third-order valence-corrected chi connectivity index (χ3v) is 7.14. The fourth-order valence-electron chi connectivity index (χ4n) is 3.79. The van der Waals surface area contributed by atoms with Crippen molar-refractivity contribution in [2.75, 3.05) is 11.8 Å². The number of rotatable bonds is 8. The molecule has 0 unspecified atom stereocenters. The van der Waals surface area contributed by atoms with E-state index in [9.17, 15) is 13.2 Å². The molecule has 1 amide bonds. The highest BCUT2D eigenvalue weighted by atomic mass is 32.2. The summed E-state index contributed by atoms with van der Waals surface area (Å²) in [6, 6.07) is 21.8.